The summed E-state index contributed by atoms with van der Waals surface area (Å²) in [5, 5.41) is 15.7. The molecule has 4 aromatic rings. The lowest BCUT2D eigenvalue weighted by Gasteiger charge is -2.52. The largest absolute Gasteiger partial charge is 0.274 e. The fraction of sp³-hybridized carbons (Fsp3) is 0.152. The first-order valence-electron chi connectivity index (χ1n) is 13.5. The smallest absolute Gasteiger partial charge is 0.271 e. The van der Waals surface area contributed by atoms with Crippen LogP contribution in [0.1, 0.15) is 44.1 Å². The molecule has 1 fully saturated rings. The molecule has 2 bridgehead atoms. The average Bonchev–Trinajstić information content (AvgIpc) is 3.27. The standard InChI is InChI=1S/C33H24N4O5/c1-19-7-6-8-20(17-19)30(38)35-34-18-33-25-11-4-2-9-23(25)27(24-10-3-5-12-26(24)33)28-29(33)32(40)36(31(28)39)21-13-15-22(16-14-21)37(41)42/h2-18,27-29H,1H3,(H,35,38)/b34-18+/t27?,28-,29+,33?/m0/s1. The summed E-state index contributed by atoms with van der Waals surface area (Å²) in [5.74, 6) is -3.10. The molecule has 1 aliphatic heterocycles. The number of nitrogens with zero attached hydrogens (tertiary/aromatic N) is 3. The molecular weight excluding hydrogens is 532 g/mol. The molecule has 4 aliphatic rings. The Labute approximate surface area is 240 Å². The number of carbonyl (C=O) groups excluding carboxylic acids is 3. The first-order valence-corrected chi connectivity index (χ1v) is 13.5. The Morgan fingerprint density at radius 3 is 2.17 bits per heavy atom. The van der Waals surface area contributed by atoms with Gasteiger partial charge in [0.1, 0.15) is 0 Å². The van der Waals surface area contributed by atoms with E-state index in [0.717, 1.165) is 32.7 Å². The molecule has 8 rings (SSSR count). The van der Waals surface area contributed by atoms with Gasteiger partial charge in [0, 0.05) is 29.8 Å². The van der Waals surface area contributed by atoms with Gasteiger partial charge >= 0.3 is 0 Å². The van der Waals surface area contributed by atoms with Gasteiger partial charge in [0.15, 0.2) is 0 Å². The first-order chi connectivity index (χ1) is 20.3. The molecule has 1 N–H and O–H groups in total. The van der Waals surface area contributed by atoms with Crippen molar-refractivity contribution in [2.45, 2.75) is 18.3 Å². The van der Waals surface area contributed by atoms with Gasteiger partial charge in [0.05, 0.1) is 27.9 Å². The molecule has 0 spiro atoms. The lowest BCUT2D eigenvalue weighted by atomic mass is 9.47. The van der Waals surface area contributed by atoms with Gasteiger partial charge in [-0.3, -0.25) is 24.5 Å². The Morgan fingerprint density at radius 1 is 0.905 bits per heavy atom. The summed E-state index contributed by atoms with van der Waals surface area (Å²) >= 11 is 0. The average molecular weight is 557 g/mol. The maximum absolute atomic E-state index is 14.4. The number of rotatable bonds is 5. The van der Waals surface area contributed by atoms with Crippen LogP contribution in [0, 0.1) is 28.9 Å². The number of hydrogen-bond donors (Lipinski definition) is 1. The van der Waals surface area contributed by atoms with E-state index in [1.807, 2.05) is 61.5 Å². The third-order valence-corrected chi connectivity index (χ3v) is 8.72. The van der Waals surface area contributed by atoms with Crippen LogP contribution in [0.15, 0.2) is 102 Å². The number of non-ortho nitro benzene ring substituents is 1. The SMILES string of the molecule is Cc1cccc(C(=O)N/N=C/C23c4ccccc4C(c4ccccc42)[C@@H]2C(=O)N(c4ccc([N+](=O)[O-])cc4)C(=O)[C@@H]23)c1. The number of anilines is 1. The maximum Gasteiger partial charge on any atom is 0.271 e. The summed E-state index contributed by atoms with van der Waals surface area (Å²) in [6, 6.07) is 28.1. The minimum Gasteiger partial charge on any atom is -0.274 e. The van der Waals surface area contributed by atoms with Gasteiger partial charge in [-0.05, 0) is 53.4 Å². The van der Waals surface area contributed by atoms with E-state index in [2.05, 4.69) is 10.5 Å². The maximum atomic E-state index is 14.4. The molecule has 3 amide bonds. The van der Waals surface area contributed by atoms with Crippen LogP contribution in [0.25, 0.3) is 0 Å². The van der Waals surface area contributed by atoms with Crippen molar-refractivity contribution < 1.29 is 19.3 Å². The molecule has 0 aromatic heterocycles. The van der Waals surface area contributed by atoms with Crippen molar-refractivity contribution in [1.82, 2.24) is 5.43 Å². The highest BCUT2D eigenvalue weighted by molar-refractivity contribution is 6.25. The second kappa shape index (κ2) is 9.31. The number of hydrazone groups is 1. The summed E-state index contributed by atoms with van der Waals surface area (Å²) < 4.78 is 0. The van der Waals surface area contributed by atoms with Gasteiger partial charge in [0.2, 0.25) is 11.8 Å². The number of nitro benzene ring substituents is 1. The normalized spacial score (nSPS) is 23.5. The van der Waals surface area contributed by atoms with Crippen LogP contribution in [0.3, 0.4) is 0 Å². The lowest BCUT2D eigenvalue weighted by Crippen LogP contribution is -2.54. The summed E-state index contributed by atoms with van der Waals surface area (Å²) in [6.45, 7) is 1.90. The second-order valence-electron chi connectivity index (χ2n) is 10.9. The molecule has 1 saturated heterocycles. The molecule has 42 heavy (non-hydrogen) atoms. The Balaban J connectivity index is 1.38. The number of nitro groups is 1. The van der Waals surface area contributed by atoms with Gasteiger partial charge < -0.3 is 0 Å². The summed E-state index contributed by atoms with van der Waals surface area (Å²) in [6.07, 6.45) is 1.61. The van der Waals surface area contributed by atoms with Crippen LogP contribution in [0.5, 0.6) is 0 Å². The lowest BCUT2D eigenvalue weighted by molar-refractivity contribution is -0.384. The van der Waals surface area contributed by atoms with Crippen molar-refractivity contribution in [3.8, 4) is 0 Å². The third-order valence-electron chi connectivity index (χ3n) is 8.72. The summed E-state index contributed by atoms with van der Waals surface area (Å²) in [7, 11) is 0. The van der Waals surface area contributed by atoms with Crippen LogP contribution in [0.2, 0.25) is 0 Å². The fourth-order valence-corrected chi connectivity index (χ4v) is 7.07. The van der Waals surface area contributed by atoms with Gasteiger partial charge in [-0.2, -0.15) is 5.10 Å². The van der Waals surface area contributed by atoms with Crippen molar-refractivity contribution in [1.29, 1.82) is 0 Å². The van der Waals surface area contributed by atoms with E-state index in [0.29, 0.717) is 5.56 Å². The van der Waals surface area contributed by atoms with Crippen LogP contribution >= 0.6 is 0 Å². The van der Waals surface area contributed by atoms with Gasteiger partial charge in [0.25, 0.3) is 11.6 Å². The second-order valence-corrected chi connectivity index (χ2v) is 10.9. The predicted octanol–water partition coefficient (Wildman–Crippen LogP) is 4.87. The van der Waals surface area contributed by atoms with Gasteiger partial charge in [-0.1, -0.05) is 66.2 Å². The van der Waals surface area contributed by atoms with Crippen molar-refractivity contribution in [2.24, 2.45) is 16.9 Å². The van der Waals surface area contributed by atoms with E-state index in [1.54, 1.807) is 24.4 Å². The number of aryl methyl sites for hydroxylation is 1. The Kier molecular flexibility index (Phi) is 5.65. The van der Waals surface area contributed by atoms with E-state index >= 15 is 0 Å². The topological polar surface area (TPSA) is 122 Å². The molecule has 9 heteroatoms. The third kappa shape index (κ3) is 3.49. The number of carbonyl (C=O) groups is 3. The Morgan fingerprint density at radius 2 is 1.55 bits per heavy atom. The Hall–Kier alpha value is -5.44. The van der Waals surface area contributed by atoms with Crippen LogP contribution in [-0.4, -0.2) is 28.9 Å². The summed E-state index contributed by atoms with van der Waals surface area (Å²) in [4.78, 5) is 53.4. The molecule has 0 radical (unpaired) electrons. The fourth-order valence-electron chi connectivity index (χ4n) is 7.07. The zero-order chi connectivity index (χ0) is 29.2. The number of amides is 3. The van der Waals surface area contributed by atoms with Crippen molar-refractivity contribution in [3.63, 3.8) is 0 Å². The number of nitrogens with one attached hydrogen (secondary N) is 1. The zero-order valence-corrected chi connectivity index (χ0v) is 22.4. The van der Waals surface area contributed by atoms with Crippen LogP contribution in [0.4, 0.5) is 11.4 Å². The molecule has 206 valence electrons. The van der Waals surface area contributed by atoms with E-state index < -0.39 is 34.0 Å². The number of imide groups is 1. The van der Waals surface area contributed by atoms with E-state index in [1.165, 1.54) is 24.3 Å². The van der Waals surface area contributed by atoms with Crippen molar-refractivity contribution in [3.05, 3.63) is 141 Å². The van der Waals surface area contributed by atoms with Crippen molar-refractivity contribution >= 4 is 35.3 Å². The van der Waals surface area contributed by atoms with E-state index in [9.17, 15) is 24.5 Å². The van der Waals surface area contributed by atoms with Crippen LogP contribution < -0.4 is 10.3 Å². The monoisotopic (exact) mass is 556 g/mol. The van der Waals surface area contributed by atoms with Crippen molar-refractivity contribution in [2.75, 3.05) is 4.90 Å². The van der Waals surface area contributed by atoms with Gasteiger partial charge in [-0.25, -0.2) is 10.3 Å². The first kappa shape index (κ1) is 25.5. The number of hydrogen-bond acceptors (Lipinski definition) is 6. The molecule has 2 atom stereocenters. The molecule has 0 saturated carbocycles. The quantitative estimate of drug-likeness (QED) is 0.163. The highest BCUT2D eigenvalue weighted by atomic mass is 16.6. The highest BCUT2D eigenvalue weighted by Crippen LogP contribution is 2.63. The molecule has 4 aromatic carbocycles. The minimum absolute atomic E-state index is 0.136. The van der Waals surface area contributed by atoms with E-state index in [-0.39, 0.29) is 23.2 Å². The molecule has 9 nitrogen and oxygen atoms in total. The van der Waals surface area contributed by atoms with Crippen LogP contribution in [-0.2, 0) is 15.0 Å². The minimum atomic E-state index is -1.14. The molecular formula is C33H24N4O5. The molecule has 3 aliphatic carbocycles. The molecule has 0 unspecified atom stereocenters. The van der Waals surface area contributed by atoms with E-state index in [4.69, 9.17) is 0 Å². The Bertz CT molecular complexity index is 1800. The zero-order valence-electron chi connectivity index (χ0n) is 22.4. The highest BCUT2D eigenvalue weighted by Gasteiger charge is 2.68. The van der Waals surface area contributed by atoms with Gasteiger partial charge in [-0.15, -0.1) is 0 Å². The summed E-state index contributed by atoms with van der Waals surface area (Å²) in [5.41, 5.74) is 6.59. The predicted molar refractivity (Wildman–Crippen MR) is 155 cm³/mol. The number of benzene rings is 4. The molecule has 1 heterocycles.